The van der Waals surface area contributed by atoms with Gasteiger partial charge in [0, 0.05) is 18.8 Å². The number of carbonyl (C=O) groups excluding carboxylic acids is 2. The standard InChI is InChI=1S/C21H35NO4/c1-5-6-7-8-9-10-11-12-13-14-15-16-21(25)26-19(17-20(23)24)18-22(2,3)4/h8-13,19H,5-7,14-18H2,1-4H3/b9-8+,11-10+,13-12+. The molecule has 0 aliphatic carbocycles. The fourth-order valence-corrected chi connectivity index (χ4v) is 2.35. The van der Waals surface area contributed by atoms with Gasteiger partial charge in [0.05, 0.1) is 21.1 Å². The number of quaternary nitrogens is 1. The summed E-state index contributed by atoms with van der Waals surface area (Å²) in [6.07, 6.45) is 16.5. The molecule has 1 atom stereocenters. The summed E-state index contributed by atoms with van der Waals surface area (Å²) in [6.45, 7) is 2.62. The molecule has 0 N–H and O–H groups in total. The molecule has 0 aromatic rings. The van der Waals surface area contributed by atoms with Crippen molar-refractivity contribution >= 4 is 11.9 Å². The summed E-state index contributed by atoms with van der Waals surface area (Å²) in [4.78, 5) is 22.7. The van der Waals surface area contributed by atoms with Gasteiger partial charge in [0.1, 0.15) is 6.54 Å². The maximum absolute atomic E-state index is 11.9. The molecule has 0 rings (SSSR count). The van der Waals surface area contributed by atoms with Crippen molar-refractivity contribution in [1.29, 1.82) is 0 Å². The van der Waals surface area contributed by atoms with Crippen LogP contribution >= 0.6 is 0 Å². The number of aliphatic carboxylic acids is 1. The van der Waals surface area contributed by atoms with Crippen LogP contribution in [-0.2, 0) is 14.3 Å². The number of carbonyl (C=O) groups is 2. The number of ether oxygens (including phenoxy) is 1. The Morgan fingerprint density at radius 2 is 1.58 bits per heavy atom. The van der Waals surface area contributed by atoms with Gasteiger partial charge in [-0.3, -0.25) is 4.79 Å². The minimum absolute atomic E-state index is 0.266. The van der Waals surface area contributed by atoms with E-state index < -0.39 is 12.1 Å². The van der Waals surface area contributed by atoms with E-state index in [2.05, 4.69) is 13.0 Å². The summed E-state index contributed by atoms with van der Waals surface area (Å²) in [7, 11) is 5.77. The number of hydrogen-bond acceptors (Lipinski definition) is 4. The quantitative estimate of drug-likeness (QED) is 0.205. The first-order chi connectivity index (χ1) is 12.2. The molecule has 5 heteroatoms. The molecule has 0 radical (unpaired) electrons. The highest BCUT2D eigenvalue weighted by atomic mass is 16.5. The van der Waals surface area contributed by atoms with E-state index in [1.54, 1.807) is 0 Å². The highest BCUT2D eigenvalue weighted by molar-refractivity contribution is 5.70. The van der Waals surface area contributed by atoms with Crippen LogP contribution in [0.25, 0.3) is 0 Å². The second-order valence-corrected chi connectivity index (χ2v) is 7.44. The van der Waals surface area contributed by atoms with Gasteiger partial charge in [0.15, 0.2) is 6.10 Å². The Balaban J connectivity index is 4.04. The second-order valence-electron chi connectivity index (χ2n) is 7.44. The van der Waals surface area contributed by atoms with E-state index in [-0.39, 0.29) is 18.8 Å². The number of allylic oxidation sites excluding steroid dienone is 6. The highest BCUT2D eigenvalue weighted by Gasteiger charge is 2.22. The molecule has 0 fully saturated rings. The predicted molar refractivity (Wildman–Crippen MR) is 103 cm³/mol. The van der Waals surface area contributed by atoms with Crippen LogP contribution in [0.1, 0.15) is 51.9 Å². The molecule has 0 saturated carbocycles. The molecule has 0 aliphatic rings. The van der Waals surface area contributed by atoms with Crippen molar-refractivity contribution in [2.75, 3.05) is 27.7 Å². The molecule has 0 aliphatic heterocycles. The number of likely N-dealkylation sites (N-methyl/N-ethyl adjacent to an activating group) is 1. The van der Waals surface area contributed by atoms with Gasteiger partial charge in [-0.25, -0.2) is 0 Å². The number of esters is 1. The van der Waals surface area contributed by atoms with Crippen LogP contribution < -0.4 is 5.11 Å². The van der Waals surface area contributed by atoms with Gasteiger partial charge in [-0.2, -0.15) is 0 Å². The van der Waals surface area contributed by atoms with Gasteiger partial charge in [-0.15, -0.1) is 0 Å². The van der Waals surface area contributed by atoms with E-state index in [4.69, 9.17) is 4.74 Å². The van der Waals surface area contributed by atoms with Crippen LogP contribution in [0.4, 0.5) is 0 Å². The van der Waals surface area contributed by atoms with Crippen LogP contribution in [-0.4, -0.2) is 50.2 Å². The predicted octanol–water partition coefficient (Wildman–Crippen LogP) is 2.77. The fraction of sp³-hybridized carbons (Fsp3) is 0.619. The molecule has 0 bridgehead atoms. The normalized spacial score (nSPS) is 13.7. The van der Waals surface area contributed by atoms with Crippen LogP contribution in [0, 0.1) is 0 Å². The Labute approximate surface area is 158 Å². The molecule has 0 amide bonds. The van der Waals surface area contributed by atoms with E-state index in [1.807, 2.05) is 51.5 Å². The van der Waals surface area contributed by atoms with Gasteiger partial charge in [-0.1, -0.05) is 56.2 Å². The van der Waals surface area contributed by atoms with Crippen molar-refractivity contribution in [3.63, 3.8) is 0 Å². The number of hydrogen-bond donors (Lipinski definition) is 0. The fourth-order valence-electron chi connectivity index (χ4n) is 2.35. The largest absolute Gasteiger partial charge is 0.550 e. The summed E-state index contributed by atoms with van der Waals surface area (Å²) in [6, 6.07) is 0. The van der Waals surface area contributed by atoms with E-state index in [0.717, 1.165) is 12.8 Å². The lowest BCUT2D eigenvalue weighted by atomic mass is 10.2. The van der Waals surface area contributed by atoms with Crippen molar-refractivity contribution in [3.8, 4) is 0 Å². The zero-order valence-electron chi connectivity index (χ0n) is 16.8. The molecule has 0 heterocycles. The van der Waals surface area contributed by atoms with Crippen molar-refractivity contribution < 1.29 is 23.9 Å². The Morgan fingerprint density at radius 3 is 2.08 bits per heavy atom. The minimum Gasteiger partial charge on any atom is -0.550 e. The molecule has 148 valence electrons. The zero-order valence-corrected chi connectivity index (χ0v) is 16.8. The molecule has 0 spiro atoms. The first-order valence-electron chi connectivity index (χ1n) is 9.42. The third kappa shape index (κ3) is 17.0. The summed E-state index contributed by atoms with van der Waals surface area (Å²) in [5.74, 6) is -1.55. The van der Waals surface area contributed by atoms with Crippen LogP contribution in [0.5, 0.6) is 0 Å². The van der Waals surface area contributed by atoms with Gasteiger partial charge in [-0.05, 0) is 19.3 Å². The number of carboxylic acids is 1. The lowest BCUT2D eigenvalue weighted by Crippen LogP contribution is -2.45. The average molecular weight is 366 g/mol. The number of nitrogens with zero attached hydrogens (tertiary/aromatic N) is 1. The molecule has 0 aromatic carbocycles. The first kappa shape index (κ1) is 24.1. The smallest absolute Gasteiger partial charge is 0.306 e. The number of unbranched alkanes of at least 4 members (excludes halogenated alkanes) is 3. The van der Waals surface area contributed by atoms with Crippen molar-refractivity contribution in [2.45, 2.75) is 58.0 Å². The maximum atomic E-state index is 11.9. The molecule has 1 unspecified atom stereocenters. The molecule has 26 heavy (non-hydrogen) atoms. The van der Waals surface area contributed by atoms with Crippen LogP contribution in [0.2, 0.25) is 0 Å². The Kier molecular flexibility index (Phi) is 13.3. The lowest BCUT2D eigenvalue weighted by Gasteiger charge is -2.29. The Bertz CT molecular complexity index is 487. The third-order valence-corrected chi connectivity index (χ3v) is 3.53. The van der Waals surface area contributed by atoms with Crippen molar-refractivity contribution in [3.05, 3.63) is 36.5 Å². The third-order valence-electron chi connectivity index (χ3n) is 3.53. The van der Waals surface area contributed by atoms with Crippen molar-refractivity contribution in [2.24, 2.45) is 0 Å². The van der Waals surface area contributed by atoms with Crippen molar-refractivity contribution in [1.82, 2.24) is 0 Å². The first-order valence-corrected chi connectivity index (χ1v) is 9.42. The van der Waals surface area contributed by atoms with E-state index >= 15 is 0 Å². The number of carboxylic acid groups (broad SMARTS) is 1. The van der Waals surface area contributed by atoms with E-state index in [1.165, 1.54) is 12.8 Å². The summed E-state index contributed by atoms with van der Waals surface area (Å²) in [5.41, 5.74) is 0. The highest BCUT2D eigenvalue weighted by Crippen LogP contribution is 2.08. The SMILES string of the molecule is CCCC/C=C/C=C/C=C/CCCC(=O)OC(CC(=O)[O-])C[N+](C)(C)C. The van der Waals surface area contributed by atoms with E-state index in [0.29, 0.717) is 17.4 Å². The number of rotatable bonds is 14. The summed E-state index contributed by atoms with van der Waals surface area (Å²) >= 11 is 0. The lowest BCUT2D eigenvalue weighted by molar-refractivity contribution is -0.873. The van der Waals surface area contributed by atoms with Crippen LogP contribution in [0.3, 0.4) is 0 Å². The topological polar surface area (TPSA) is 66.4 Å². The Morgan fingerprint density at radius 1 is 1.00 bits per heavy atom. The van der Waals surface area contributed by atoms with Gasteiger partial charge in [0.2, 0.25) is 0 Å². The zero-order chi connectivity index (χ0) is 19.8. The molecular formula is C21H35NO4. The molecule has 0 saturated heterocycles. The summed E-state index contributed by atoms with van der Waals surface area (Å²) in [5, 5.41) is 10.8. The monoisotopic (exact) mass is 365 g/mol. The van der Waals surface area contributed by atoms with Gasteiger partial charge in [0.25, 0.3) is 0 Å². The van der Waals surface area contributed by atoms with Gasteiger partial charge < -0.3 is 19.1 Å². The molecule has 0 aromatic heterocycles. The molecular weight excluding hydrogens is 330 g/mol. The van der Waals surface area contributed by atoms with E-state index in [9.17, 15) is 14.7 Å². The van der Waals surface area contributed by atoms with Gasteiger partial charge >= 0.3 is 5.97 Å². The Hall–Kier alpha value is -1.88. The minimum atomic E-state index is -1.20. The van der Waals surface area contributed by atoms with Crippen LogP contribution in [0.15, 0.2) is 36.5 Å². The second kappa shape index (κ2) is 14.3. The summed E-state index contributed by atoms with van der Waals surface area (Å²) < 4.78 is 5.83. The average Bonchev–Trinajstić information content (AvgIpc) is 2.50. The maximum Gasteiger partial charge on any atom is 0.306 e. The molecule has 5 nitrogen and oxygen atoms in total.